The highest BCUT2D eigenvalue weighted by molar-refractivity contribution is 6.06. The number of fused-ring (bicyclic) bond motifs is 3. The van der Waals surface area contributed by atoms with E-state index >= 15 is 0 Å². The number of hydrogen-bond acceptors (Lipinski definition) is 2. The lowest BCUT2D eigenvalue weighted by Gasteiger charge is -2.04. The molecule has 0 saturated carbocycles. The van der Waals surface area contributed by atoms with Crippen LogP contribution in [-0.4, -0.2) is 4.98 Å². The molecule has 0 fully saturated rings. The Kier molecular flexibility index (Phi) is 2.97. The monoisotopic (exact) mass is 287 g/mol. The molecule has 108 valence electrons. The molecular formula is C20H17NO. The molecule has 2 aromatic carbocycles. The average molecular weight is 287 g/mol. The predicted octanol–water partition coefficient (Wildman–Crippen LogP) is 5.77. The minimum atomic E-state index is 0.444. The molecule has 22 heavy (non-hydrogen) atoms. The average Bonchev–Trinajstić information content (AvgIpc) is 2.93. The van der Waals surface area contributed by atoms with Gasteiger partial charge in [0.05, 0.1) is 5.69 Å². The second kappa shape index (κ2) is 4.99. The van der Waals surface area contributed by atoms with Crippen LogP contribution in [0.4, 0.5) is 0 Å². The summed E-state index contributed by atoms with van der Waals surface area (Å²) in [4.78, 5) is 4.41. The first kappa shape index (κ1) is 13.1. The smallest absolute Gasteiger partial charge is 0.138 e. The lowest BCUT2D eigenvalue weighted by Crippen LogP contribution is -1.86. The van der Waals surface area contributed by atoms with Crippen molar-refractivity contribution in [2.45, 2.75) is 19.8 Å². The minimum absolute atomic E-state index is 0.444. The topological polar surface area (TPSA) is 26.0 Å². The van der Waals surface area contributed by atoms with E-state index in [4.69, 9.17) is 4.42 Å². The Bertz CT molecular complexity index is 951. The molecule has 0 aliphatic rings. The SMILES string of the molecule is CC(C)c1cccc2c1oc1cc(-c3ccccn3)ccc12. The van der Waals surface area contributed by atoms with Gasteiger partial charge in [0, 0.05) is 22.5 Å². The second-order valence-electron chi connectivity index (χ2n) is 5.91. The van der Waals surface area contributed by atoms with Crippen LogP contribution in [0, 0.1) is 0 Å². The molecule has 2 aromatic heterocycles. The Balaban J connectivity index is 1.98. The molecule has 2 nitrogen and oxygen atoms in total. The Labute approximate surface area is 129 Å². The van der Waals surface area contributed by atoms with Crippen LogP contribution in [0.3, 0.4) is 0 Å². The third-order valence-electron chi connectivity index (χ3n) is 4.11. The van der Waals surface area contributed by atoms with Gasteiger partial charge in [-0.05, 0) is 35.7 Å². The van der Waals surface area contributed by atoms with Crippen molar-refractivity contribution in [1.29, 1.82) is 0 Å². The number of hydrogen-bond donors (Lipinski definition) is 0. The van der Waals surface area contributed by atoms with Gasteiger partial charge in [-0.25, -0.2) is 0 Å². The van der Waals surface area contributed by atoms with Crippen LogP contribution in [0.25, 0.3) is 33.2 Å². The first-order valence-electron chi connectivity index (χ1n) is 7.60. The van der Waals surface area contributed by atoms with Crippen molar-refractivity contribution in [1.82, 2.24) is 4.98 Å². The molecule has 2 heterocycles. The quantitative estimate of drug-likeness (QED) is 0.467. The van der Waals surface area contributed by atoms with E-state index in [1.807, 2.05) is 24.4 Å². The molecule has 0 bridgehead atoms. The number of furan rings is 1. The summed E-state index contributed by atoms with van der Waals surface area (Å²) in [5.74, 6) is 0.444. The largest absolute Gasteiger partial charge is 0.456 e. The molecule has 4 aromatic rings. The fourth-order valence-corrected chi connectivity index (χ4v) is 2.97. The summed E-state index contributed by atoms with van der Waals surface area (Å²) in [6.45, 7) is 4.39. The summed E-state index contributed by atoms with van der Waals surface area (Å²) >= 11 is 0. The van der Waals surface area contributed by atoms with Crippen molar-refractivity contribution in [3.05, 3.63) is 66.4 Å². The fraction of sp³-hybridized carbons (Fsp3) is 0.150. The van der Waals surface area contributed by atoms with E-state index in [0.29, 0.717) is 5.92 Å². The lowest BCUT2D eigenvalue weighted by molar-refractivity contribution is 0.657. The number of pyridine rings is 1. The molecule has 0 N–H and O–H groups in total. The molecule has 0 aliphatic carbocycles. The van der Waals surface area contributed by atoms with E-state index in [9.17, 15) is 0 Å². The maximum absolute atomic E-state index is 6.18. The first-order chi connectivity index (χ1) is 10.7. The van der Waals surface area contributed by atoms with E-state index < -0.39 is 0 Å². The molecule has 4 rings (SSSR count). The normalized spacial score (nSPS) is 11.6. The Morgan fingerprint density at radius 1 is 0.909 bits per heavy atom. The van der Waals surface area contributed by atoms with E-state index in [-0.39, 0.29) is 0 Å². The minimum Gasteiger partial charge on any atom is -0.456 e. The fourth-order valence-electron chi connectivity index (χ4n) is 2.97. The van der Waals surface area contributed by atoms with Crippen molar-refractivity contribution in [3.8, 4) is 11.3 Å². The summed E-state index contributed by atoms with van der Waals surface area (Å²) in [6.07, 6.45) is 1.81. The van der Waals surface area contributed by atoms with Gasteiger partial charge in [-0.2, -0.15) is 0 Å². The summed E-state index contributed by atoms with van der Waals surface area (Å²) < 4.78 is 6.18. The second-order valence-corrected chi connectivity index (χ2v) is 5.91. The number of aromatic nitrogens is 1. The molecule has 0 spiro atoms. The van der Waals surface area contributed by atoms with Gasteiger partial charge in [-0.1, -0.05) is 44.2 Å². The highest BCUT2D eigenvalue weighted by Crippen LogP contribution is 2.35. The van der Waals surface area contributed by atoms with Crippen LogP contribution < -0.4 is 0 Å². The zero-order valence-electron chi connectivity index (χ0n) is 12.7. The zero-order valence-corrected chi connectivity index (χ0v) is 12.7. The molecule has 0 amide bonds. The van der Waals surface area contributed by atoms with Crippen LogP contribution in [0.2, 0.25) is 0 Å². The summed E-state index contributed by atoms with van der Waals surface area (Å²) in [7, 11) is 0. The molecular weight excluding hydrogens is 270 g/mol. The van der Waals surface area contributed by atoms with Gasteiger partial charge in [0.2, 0.25) is 0 Å². The predicted molar refractivity (Wildman–Crippen MR) is 91.0 cm³/mol. The molecule has 0 aliphatic heterocycles. The van der Waals surface area contributed by atoms with Crippen LogP contribution in [0.15, 0.2) is 65.2 Å². The van der Waals surface area contributed by atoms with Crippen molar-refractivity contribution >= 4 is 21.9 Å². The third-order valence-corrected chi connectivity index (χ3v) is 4.11. The van der Waals surface area contributed by atoms with Gasteiger partial charge in [-0.15, -0.1) is 0 Å². The van der Waals surface area contributed by atoms with Gasteiger partial charge in [0.15, 0.2) is 0 Å². The number of para-hydroxylation sites is 1. The maximum Gasteiger partial charge on any atom is 0.138 e. The van der Waals surface area contributed by atoms with Gasteiger partial charge in [-0.3, -0.25) is 4.98 Å². The van der Waals surface area contributed by atoms with Gasteiger partial charge >= 0.3 is 0 Å². The van der Waals surface area contributed by atoms with Crippen LogP contribution in [-0.2, 0) is 0 Å². The zero-order chi connectivity index (χ0) is 15.1. The summed E-state index contributed by atoms with van der Waals surface area (Å²) in [5, 5.41) is 2.35. The van der Waals surface area contributed by atoms with E-state index in [1.165, 1.54) is 10.9 Å². The van der Waals surface area contributed by atoms with Gasteiger partial charge in [0.1, 0.15) is 11.2 Å². The van der Waals surface area contributed by atoms with Crippen molar-refractivity contribution in [3.63, 3.8) is 0 Å². The summed E-state index contributed by atoms with van der Waals surface area (Å²) in [5.41, 5.74) is 5.23. The van der Waals surface area contributed by atoms with E-state index in [2.05, 4.69) is 55.2 Å². The standard InChI is InChI=1S/C20H17NO/c1-13(2)15-6-5-7-17-16-10-9-14(12-19(16)22-20(15)17)18-8-3-4-11-21-18/h3-13H,1-2H3. The highest BCUT2D eigenvalue weighted by atomic mass is 16.3. The van der Waals surface area contributed by atoms with Gasteiger partial charge < -0.3 is 4.42 Å². The number of benzene rings is 2. The lowest BCUT2D eigenvalue weighted by atomic mass is 10.00. The maximum atomic E-state index is 6.18. The van der Waals surface area contributed by atoms with Crippen LogP contribution >= 0.6 is 0 Å². The number of nitrogens with zero attached hydrogens (tertiary/aromatic N) is 1. The van der Waals surface area contributed by atoms with E-state index in [1.54, 1.807) is 0 Å². The van der Waals surface area contributed by atoms with E-state index in [0.717, 1.165) is 27.8 Å². The molecule has 2 heteroatoms. The van der Waals surface area contributed by atoms with Crippen molar-refractivity contribution in [2.75, 3.05) is 0 Å². The Morgan fingerprint density at radius 2 is 1.82 bits per heavy atom. The molecule has 0 saturated heterocycles. The molecule has 0 atom stereocenters. The third kappa shape index (κ3) is 2.00. The highest BCUT2D eigenvalue weighted by Gasteiger charge is 2.13. The Hall–Kier alpha value is -2.61. The number of rotatable bonds is 2. The van der Waals surface area contributed by atoms with Gasteiger partial charge in [0.25, 0.3) is 0 Å². The Morgan fingerprint density at radius 3 is 2.59 bits per heavy atom. The summed E-state index contributed by atoms with van der Waals surface area (Å²) in [6, 6.07) is 18.7. The van der Waals surface area contributed by atoms with Crippen molar-refractivity contribution in [2.24, 2.45) is 0 Å². The van der Waals surface area contributed by atoms with Crippen LogP contribution in [0.1, 0.15) is 25.3 Å². The molecule has 0 unspecified atom stereocenters. The molecule has 0 radical (unpaired) electrons. The van der Waals surface area contributed by atoms with Crippen molar-refractivity contribution < 1.29 is 4.42 Å². The first-order valence-corrected chi connectivity index (χ1v) is 7.60. The van der Waals surface area contributed by atoms with Crippen LogP contribution in [0.5, 0.6) is 0 Å².